The number of anilines is 1. The van der Waals surface area contributed by atoms with E-state index in [9.17, 15) is 12.8 Å². The molecule has 0 amide bonds. The Balaban J connectivity index is 2.20. The molecule has 0 saturated carbocycles. The van der Waals surface area contributed by atoms with Crippen LogP contribution < -0.4 is 5.32 Å². The molecule has 0 saturated heterocycles. The summed E-state index contributed by atoms with van der Waals surface area (Å²) in [6.07, 6.45) is 0. The molecule has 0 aliphatic carbocycles. The van der Waals surface area contributed by atoms with Crippen molar-refractivity contribution in [2.24, 2.45) is 0 Å². The van der Waals surface area contributed by atoms with Gasteiger partial charge >= 0.3 is 0 Å². The highest BCUT2D eigenvalue weighted by Crippen LogP contribution is 2.23. The van der Waals surface area contributed by atoms with Crippen LogP contribution in [0.1, 0.15) is 5.56 Å². The van der Waals surface area contributed by atoms with E-state index < -0.39 is 15.8 Å². The van der Waals surface area contributed by atoms with Crippen LogP contribution >= 0.6 is 11.6 Å². The molecule has 0 unspecified atom stereocenters. The van der Waals surface area contributed by atoms with Gasteiger partial charge in [-0.2, -0.15) is 0 Å². The van der Waals surface area contributed by atoms with Gasteiger partial charge in [-0.05, 0) is 29.8 Å². The Labute approximate surface area is 134 Å². The molecule has 22 heavy (non-hydrogen) atoms. The maximum atomic E-state index is 13.8. The van der Waals surface area contributed by atoms with Crippen LogP contribution in [0.15, 0.2) is 47.4 Å². The molecule has 2 aromatic rings. The maximum absolute atomic E-state index is 13.8. The van der Waals surface area contributed by atoms with Crippen molar-refractivity contribution in [2.45, 2.75) is 11.4 Å². The highest BCUT2D eigenvalue weighted by molar-refractivity contribution is 7.89. The molecule has 118 valence electrons. The van der Waals surface area contributed by atoms with Crippen LogP contribution in [0.4, 0.5) is 10.1 Å². The predicted molar refractivity (Wildman–Crippen MR) is 86.1 cm³/mol. The van der Waals surface area contributed by atoms with Gasteiger partial charge in [0.2, 0.25) is 10.0 Å². The lowest BCUT2D eigenvalue weighted by Gasteiger charge is -2.13. The number of benzene rings is 2. The minimum absolute atomic E-state index is 0.0361. The lowest BCUT2D eigenvalue weighted by molar-refractivity contribution is 0.520. The normalized spacial score (nSPS) is 11.7. The molecule has 0 heterocycles. The molecular formula is C15H16ClFN2O2S. The van der Waals surface area contributed by atoms with Crippen LogP contribution in [-0.4, -0.2) is 26.8 Å². The molecule has 0 fully saturated rings. The van der Waals surface area contributed by atoms with Gasteiger partial charge in [0.1, 0.15) is 0 Å². The Hall–Kier alpha value is -1.63. The molecule has 2 rings (SSSR count). The molecular weight excluding hydrogens is 327 g/mol. The summed E-state index contributed by atoms with van der Waals surface area (Å²) in [5, 5.41) is 2.95. The summed E-state index contributed by atoms with van der Waals surface area (Å²) in [6.45, 7) is 0.286. The Morgan fingerprint density at radius 2 is 1.86 bits per heavy atom. The summed E-state index contributed by atoms with van der Waals surface area (Å²) in [5.74, 6) is -0.527. The fourth-order valence-corrected chi connectivity index (χ4v) is 3.01. The minimum atomic E-state index is -3.49. The molecule has 1 N–H and O–H groups in total. The fraction of sp³-hybridized carbons (Fsp3) is 0.200. The van der Waals surface area contributed by atoms with Gasteiger partial charge in [-0.15, -0.1) is 0 Å². The van der Waals surface area contributed by atoms with Gasteiger partial charge in [-0.3, -0.25) is 0 Å². The van der Waals surface area contributed by atoms with E-state index in [2.05, 4.69) is 5.32 Å². The molecule has 0 radical (unpaired) electrons. The second kappa shape index (κ2) is 6.64. The topological polar surface area (TPSA) is 49.4 Å². The van der Waals surface area contributed by atoms with Gasteiger partial charge < -0.3 is 5.32 Å². The fourth-order valence-electron chi connectivity index (χ4n) is 1.86. The van der Waals surface area contributed by atoms with Gasteiger partial charge in [0.25, 0.3) is 0 Å². The monoisotopic (exact) mass is 342 g/mol. The lowest BCUT2D eigenvalue weighted by Crippen LogP contribution is -2.22. The first-order valence-electron chi connectivity index (χ1n) is 6.51. The van der Waals surface area contributed by atoms with Crippen molar-refractivity contribution in [1.82, 2.24) is 4.31 Å². The third-order valence-corrected chi connectivity index (χ3v) is 5.21. The van der Waals surface area contributed by atoms with Crippen molar-refractivity contribution in [1.29, 1.82) is 0 Å². The molecule has 0 aliphatic heterocycles. The summed E-state index contributed by atoms with van der Waals surface area (Å²) in [4.78, 5) is 0.198. The summed E-state index contributed by atoms with van der Waals surface area (Å²) >= 11 is 5.72. The zero-order chi connectivity index (χ0) is 16.3. The Morgan fingerprint density at radius 1 is 1.18 bits per heavy atom. The lowest BCUT2D eigenvalue weighted by atomic mass is 10.2. The summed E-state index contributed by atoms with van der Waals surface area (Å²) < 4.78 is 39.1. The van der Waals surface area contributed by atoms with Crippen molar-refractivity contribution >= 4 is 27.3 Å². The summed E-state index contributed by atoms with van der Waals surface area (Å²) in [5.41, 5.74) is 0.996. The third kappa shape index (κ3) is 3.58. The Bertz CT molecular complexity index is 779. The molecule has 2 aromatic carbocycles. The van der Waals surface area contributed by atoms with Crippen molar-refractivity contribution in [3.8, 4) is 0 Å². The molecule has 7 heteroatoms. The van der Waals surface area contributed by atoms with Crippen molar-refractivity contribution in [3.63, 3.8) is 0 Å². The van der Waals surface area contributed by atoms with Gasteiger partial charge in [0.15, 0.2) is 5.82 Å². The van der Waals surface area contributed by atoms with Gasteiger partial charge in [0, 0.05) is 20.6 Å². The van der Waals surface area contributed by atoms with Gasteiger partial charge in [-0.25, -0.2) is 17.1 Å². The average molecular weight is 343 g/mol. The third-order valence-electron chi connectivity index (χ3n) is 3.11. The van der Waals surface area contributed by atoms with E-state index in [1.807, 2.05) is 0 Å². The predicted octanol–water partition coefficient (Wildman–Crippen LogP) is 3.34. The zero-order valence-electron chi connectivity index (χ0n) is 12.2. The van der Waals surface area contributed by atoms with E-state index >= 15 is 0 Å². The maximum Gasteiger partial charge on any atom is 0.242 e. The summed E-state index contributed by atoms with van der Waals surface area (Å²) in [6, 6.07) is 11.2. The van der Waals surface area contributed by atoms with Crippen molar-refractivity contribution in [3.05, 3.63) is 58.9 Å². The molecule has 4 nitrogen and oxygen atoms in total. The smallest absolute Gasteiger partial charge is 0.242 e. The molecule has 0 bridgehead atoms. The number of nitrogens with zero attached hydrogens (tertiary/aromatic N) is 1. The second-order valence-corrected chi connectivity index (χ2v) is 7.45. The van der Waals surface area contributed by atoms with E-state index in [0.717, 1.165) is 9.87 Å². The second-order valence-electron chi connectivity index (χ2n) is 4.89. The first kappa shape index (κ1) is 16.7. The van der Waals surface area contributed by atoms with Crippen LogP contribution in [0, 0.1) is 5.82 Å². The van der Waals surface area contributed by atoms with E-state index in [1.165, 1.54) is 26.2 Å². The summed E-state index contributed by atoms with van der Waals surface area (Å²) in [7, 11) is -0.539. The number of sulfonamides is 1. The number of halogens is 2. The van der Waals surface area contributed by atoms with Crippen LogP contribution in [0.25, 0.3) is 0 Å². The quantitative estimate of drug-likeness (QED) is 0.906. The average Bonchev–Trinajstić information content (AvgIpc) is 2.49. The van der Waals surface area contributed by atoms with Crippen molar-refractivity contribution in [2.75, 3.05) is 19.4 Å². The van der Waals surface area contributed by atoms with Crippen LogP contribution in [0.3, 0.4) is 0 Å². The zero-order valence-corrected chi connectivity index (χ0v) is 13.7. The number of nitrogens with one attached hydrogen (secondary N) is 1. The highest BCUT2D eigenvalue weighted by Gasteiger charge is 2.17. The Kier molecular flexibility index (Phi) is 5.05. The number of hydrogen-bond donors (Lipinski definition) is 1. The number of rotatable bonds is 5. The van der Waals surface area contributed by atoms with Crippen LogP contribution in [0.2, 0.25) is 5.02 Å². The number of hydrogen-bond acceptors (Lipinski definition) is 3. The standard InChI is InChI=1S/C15H16ClFN2O2S/c1-19(2)22(20,21)12-6-3-5-11(9-12)10-18-14-8-4-7-13(16)15(14)17/h3-9,18H,10H2,1-2H3. The van der Waals surface area contributed by atoms with Gasteiger partial charge in [0.05, 0.1) is 15.6 Å². The first-order valence-corrected chi connectivity index (χ1v) is 8.33. The molecule has 0 atom stereocenters. The van der Waals surface area contributed by atoms with Crippen LogP contribution in [0.5, 0.6) is 0 Å². The molecule has 0 aromatic heterocycles. The van der Waals surface area contributed by atoms with E-state index in [-0.39, 0.29) is 22.2 Å². The van der Waals surface area contributed by atoms with E-state index in [0.29, 0.717) is 0 Å². The molecule has 0 spiro atoms. The Morgan fingerprint density at radius 3 is 2.55 bits per heavy atom. The van der Waals surface area contributed by atoms with E-state index in [4.69, 9.17) is 11.6 Å². The SMILES string of the molecule is CN(C)S(=O)(=O)c1cccc(CNc2cccc(Cl)c2F)c1. The minimum Gasteiger partial charge on any atom is -0.379 e. The largest absolute Gasteiger partial charge is 0.379 e. The first-order chi connectivity index (χ1) is 10.3. The molecule has 0 aliphatic rings. The van der Waals surface area contributed by atoms with Crippen LogP contribution in [-0.2, 0) is 16.6 Å². The highest BCUT2D eigenvalue weighted by atomic mass is 35.5. The van der Waals surface area contributed by atoms with Gasteiger partial charge in [-0.1, -0.05) is 29.8 Å². The van der Waals surface area contributed by atoms with Crippen molar-refractivity contribution < 1.29 is 12.8 Å². The van der Waals surface area contributed by atoms with E-state index in [1.54, 1.807) is 30.3 Å².